The monoisotopic (exact) mass is 311 g/mol. The Hall–Kier alpha value is -2.66. The standard InChI is InChI=1S/C18H21N3O2/c1-2-19-18(23)21-17(22)16(15-11-7-4-8-12-15)20-13-14-9-5-3-6-10-14/h3-12,16,20H,2,13H2,1H3,(H2,19,21,22,23)/t16-/m0/s1. The average molecular weight is 311 g/mol. The van der Waals surface area contributed by atoms with Gasteiger partial charge in [0, 0.05) is 13.1 Å². The second-order valence-electron chi connectivity index (χ2n) is 5.06. The number of imide groups is 1. The van der Waals surface area contributed by atoms with E-state index in [2.05, 4.69) is 16.0 Å². The van der Waals surface area contributed by atoms with Crippen molar-refractivity contribution < 1.29 is 9.59 Å². The highest BCUT2D eigenvalue weighted by Gasteiger charge is 2.21. The van der Waals surface area contributed by atoms with Gasteiger partial charge < -0.3 is 5.32 Å². The van der Waals surface area contributed by atoms with E-state index in [1.807, 2.05) is 60.7 Å². The number of hydrogen-bond donors (Lipinski definition) is 3. The van der Waals surface area contributed by atoms with Crippen LogP contribution in [-0.4, -0.2) is 18.5 Å². The summed E-state index contributed by atoms with van der Waals surface area (Å²) in [4.78, 5) is 24.0. The molecule has 0 unspecified atom stereocenters. The van der Waals surface area contributed by atoms with E-state index in [1.165, 1.54) is 0 Å². The Balaban J connectivity index is 2.09. The van der Waals surface area contributed by atoms with Gasteiger partial charge in [-0.2, -0.15) is 0 Å². The van der Waals surface area contributed by atoms with Crippen LogP contribution >= 0.6 is 0 Å². The molecule has 5 nitrogen and oxygen atoms in total. The van der Waals surface area contributed by atoms with Gasteiger partial charge in [0.15, 0.2) is 0 Å². The number of benzene rings is 2. The molecule has 0 heterocycles. The SMILES string of the molecule is CCNC(=O)NC(=O)[C@@H](NCc1ccccc1)c1ccccc1. The first-order chi connectivity index (χ1) is 11.2. The fourth-order valence-electron chi connectivity index (χ4n) is 2.21. The van der Waals surface area contributed by atoms with Crippen molar-refractivity contribution in [2.24, 2.45) is 0 Å². The maximum absolute atomic E-state index is 12.4. The summed E-state index contributed by atoms with van der Waals surface area (Å²) in [7, 11) is 0. The normalized spacial score (nSPS) is 11.5. The van der Waals surface area contributed by atoms with Gasteiger partial charge in [-0.15, -0.1) is 0 Å². The van der Waals surface area contributed by atoms with Gasteiger partial charge in [0.25, 0.3) is 0 Å². The molecule has 23 heavy (non-hydrogen) atoms. The van der Waals surface area contributed by atoms with Gasteiger partial charge in [-0.25, -0.2) is 4.79 Å². The van der Waals surface area contributed by atoms with Crippen LogP contribution < -0.4 is 16.0 Å². The van der Waals surface area contributed by atoms with E-state index in [9.17, 15) is 9.59 Å². The predicted molar refractivity (Wildman–Crippen MR) is 89.7 cm³/mol. The summed E-state index contributed by atoms with van der Waals surface area (Å²) in [6.07, 6.45) is 0. The molecule has 0 aliphatic rings. The van der Waals surface area contributed by atoms with Gasteiger partial charge in [-0.1, -0.05) is 60.7 Å². The molecule has 0 aliphatic heterocycles. The summed E-state index contributed by atoms with van der Waals surface area (Å²) >= 11 is 0. The molecule has 0 saturated heterocycles. The van der Waals surface area contributed by atoms with Crippen LogP contribution in [0.1, 0.15) is 24.1 Å². The van der Waals surface area contributed by atoms with Crippen molar-refractivity contribution in [2.75, 3.05) is 6.54 Å². The minimum Gasteiger partial charge on any atom is -0.338 e. The number of carbonyl (C=O) groups excluding carboxylic acids is 2. The molecule has 2 aromatic rings. The summed E-state index contributed by atoms with van der Waals surface area (Å²) in [6.45, 7) is 2.79. The summed E-state index contributed by atoms with van der Waals surface area (Å²) in [5, 5.41) is 8.13. The van der Waals surface area contributed by atoms with Crippen LogP contribution in [0.2, 0.25) is 0 Å². The lowest BCUT2D eigenvalue weighted by atomic mass is 10.1. The van der Waals surface area contributed by atoms with Crippen LogP contribution in [0.4, 0.5) is 4.79 Å². The molecule has 0 fully saturated rings. The number of hydrogen-bond acceptors (Lipinski definition) is 3. The third-order valence-electron chi connectivity index (χ3n) is 3.32. The van der Waals surface area contributed by atoms with Crippen LogP contribution in [0, 0.1) is 0 Å². The van der Waals surface area contributed by atoms with Crippen LogP contribution in [0.5, 0.6) is 0 Å². The molecule has 5 heteroatoms. The van der Waals surface area contributed by atoms with E-state index < -0.39 is 12.1 Å². The topological polar surface area (TPSA) is 70.2 Å². The molecule has 1 atom stereocenters. The molecule has 0 radical (unpaired) electrons. The zero-order valence-corrected chi connectivity index (χ0v) is 13.1. The van der Waals surface area contributed by atoms with Crippen LogP contribution in [0.15, 0.2) is 60.7 Å². The lowest BCUT2D eigenvalue weighted by Gasteiger charge is -2.18. The van der Waals surface area contributed by atoms with E-state index in [-0.39, 0.29) is 5.91 Å². The highest BCUT2D eigenvalue weighted by molar-refractivity contribution is 5.97. The molecule has 0 saturated carbocycles. The van der Waals surface area contributed by atoms with Crippen molar-refractivity contribution in [3.05, 3.63) is 71.8 Å². The molecule has 120 valence electrons. The van der Waals surface area contributed by atoms with E-state index in [1.54, 1.807) is 6.92 Å². The van der Waals surface area contributed by atoms with E-state index in [0.717, 1.165) is 11.1 Å². The largest absolute Gasteiger partial charge is 0.338 e. The van der Waals surface area contributed by atoms with Gasteiger partial charge in [-0.05, 0) is 18.1 Å². The Morgan fingerprint density at radius 2 is 1.57 bits per heavy atom. The van der Waals surface area contributed by atoms with Gasteiger partial charge in [0.05, 0.1) is 0 Å². The molecule has 0 bridgehead atoms. The minimum absolute atomic E-state index is 0.377. The van der Waals surface area contributed by atoms with E-state index in [4.69, 9.17) is 0 Å². The first-order valence-corrected chi connectivity index (χ1v) is 7.61. The zero-order chi connectivity index (χ0) is 16.5. The Morgan fingerprint density at radius 1 is 0.957 bits per heavy atom. The smallest absolute Gasteiger partial charge is 0.321 e. The molecular weight excluding hydrogens is 290 g/mol. The Labute approximate surface area is 136 Å². The molecule has 2 aromatic carbocycles. The Bertz CT molecular complexity index is 629. The number of urea groups is 1. The molecule has 0 spiro atoms. The zero-order valence-electron chi connectivity index (χ0n) is 13.1. The Kier molecular flexibility index (Phi) is 6.32. The first kappa shape index (κ1) is 16.7. The number of nitrogens with one attached hydrogen (secondary N) is 3. The van der Waals surface area contributed by atoms with Crippen LogP contribution in [0.3, 0.4) is 0 Å². The lowest BCUT2D eigenvalue weighted by Crippen LogP contribution is -2.44. The summed E-state index contributed by atoms with van der Waals surface area (Å²) < 4.78 is 0. The van der Waals surface area contributed by atoms with Crippen LogP contribution in [0.25, 0.3) is 0 Å². The second-order valence-corrected chi connectivity index (χ2v) is 5.06. The maximum atomic E-state index is 12.4. The fourth-order valence-corrected chi connectivity index (χ4v) is 2.21. The number of amides is 3. The summed E-state index contributed by atoms with van der Waals surface area (Å²) in [6, 6.07) is 18.1. The highest BCUT2D eigenvalue weighted by atomic mass is 16.2. The van der Waals surface area contributed by atoms with Crippen molar-refractivity contribution in [3.8, 4) is 0 Å². The molecule has 0 aromatic heterocycles. The average Bonchev–Trinajstić information content (AvgIpc) is 2.57. The van der Waals surface area contributed by atoms with Crippen molar-refractivity contribution in [2.45, 2.75) is 19.5 Å². The lowest BCUT2D eigenvalue weighted by molar-refractivity contribution is -0.122. The fraction of sp³-hybridized carbons (Fsp3) is 0.222. The van der Waals surface area contributed by atoms with Crippen molar-refractivity contribution in [1.29, 1.82) is 0 Å². The first-order valence-electron chi connectivity index (χ1n) is 7.61. The summed E-state index contributed by atoms with van der Waals surface area (Å²) in [5.74, 6) is -0.377. The number of rotatable bonds is 6. The van der Waals surface area contributed by atoms with Crippen LogP contribution in [-0.2, 0) is 11.3 Å². The third kappa shape index (κ3) is 5.23. The summed E-state index contributed by atoms with van der Waals surface area (Å²) in [5.41, 5.74) is 1.88. The van der Waals surface area contributed by atoms with E-state index in [0.29, 0.717) is 13.1 Å². The van der Waals surface area contributed by atoms with Crippen molar-refractivity contribution >= 4 is 11.9 Å². The maximum Gasteiger partial charge on any atom is 0.321 e. The highest BCUT2D eigenvalue weighted by Crippen LogP contribution is 2.14. The molecule has 3 N–H and O–H groups in total. The second kappa shape index (κ2) is 8.70. The minimum atomic E-state index is -0.598. The Morgan fingerprint density at radius 3 is 2.17 bits per heavy atom. The van der Waals surface area contributed by atoms with Gasteiger partial charge in [-0.3, -0.25) is 15.4 Å². The van der Waals surface area contributed by atoms with E-state index >= 15 is 0 Å². The molecule has 0 aliphatic carbocycles. The molecule has 2 rings (SSSR count). The quantitative estimate of drug-likeness (QED) is 0.767. The van der Waals surface area contributed by atoms with Crippen molar-refractivity contribution in [1.82, 2.24) is 16.0 Å². The molecule has 3 amide bonds. The van der Waals surface area contributed by atoms with Crippen molar-refractivity contribution in [3.63, 3.8) is 0 Å². The number of carbonyl (C=O) groups is 2. The predicted octanol–water partition coefficient (Wildman–Crippen LogP) is 2.36. The van der Waals surface area contributed by atoms with Gasteiger partial charge in [0.2, 0.25) is 5.91 Å². The molecular formula is C18H21N3O2. The van der Waals surface area contributed by atoms with Gasteiger partial charge in [0.1, 0.15) is 6.04 Å². The van der Waals surface area contributed by atoms with Gasteiger partial charge >= 0.3 is 6.03 Å². The third-order valence-corrected chi connectivity index (χ3v) is 3.32.